The van der Waals surface area contributed by atoms with Crippen molar-refractivity contribution in [1.29, 1.82) is 0 Å². The minimum Gasteiger partial charge on any atom is -0.319 e. The molecule has 0 radical (unpaired) electrons. The third-order valence-corrected chi connectivity index (χ3v) is 8.05. The Morgan fingerprint density at radius 1 is 1.16 bits per heavy atom. The van der Waals surface area contributed by atoms with Crippen LogP contribution in [-0.4, -0.2) is 42.8 Å². The molecule has 1 aliphatic heterocycles. The Hall–Kier alpha value is -2.30. The molecular formula is C21H20BrN3O4S2. The van der Waals surface area contributed by atoms with Gasteiger partial charge in [-0.05, 0) is 42.7 Å². The van der Waals surface area contributed by atoms with Crippen LogP contribution in [0.4, 0.5) is 5.69 Å². The molecule has 162 valence electrons. The average Bonchev–Trinajstić information content (AvgIpc) is 3.00. The number of amides is 2. The van der Waals surface area contributed by atoms with Gasteiger partial charge in [0.05, 0.1) is 10.2 Å². The van der Waals surface area contributed by atoms with Crippen LogP contribution in [0, 0.1) is 0 Å². The number of benzene rings is 2. The van der Waals surface area contributed by atoms with Crippen molar-refractivity contribution in [1.82, 2.24) is 4.57 Å². The van der Waals surface area contributed by atoms with Crippen molar-refractivity contribution in [2.45, 2.75) is 12.8 Å². The summed E-state index contributed by atoms with van der Waals surface area (Å²) in [6, 6.07) is 13.2. The van der Waals surface area contributed by atoms with Crippen LogP contribution in [0.15, 0.2) is 51.9 Å². The highest BCUT2D eigenvalue weighted by atomic mass is 79.9. The number of aryl methyl sites for hydroxylation is 2. The van der Waals surface area contributed by atoms with E-state index in [9.17, 15) is 18.0 Å². The molecule has 10 heteroatoms. The number of carbonyl (C=O) groups excluding carboxylic acids is 2. The van der Waals surface area contributed by atoms with Gasteiger partial charge in [-0.2, -0.15) is 4.99 Å². The van der Waals surface area contributed by atoms with Gasteiger partial charge in [0.2, 0.25) is 5.91 Å². The first kappa shape index (κ1) is 21.9. The van der Waals surface area contributed by atoms with Crippen molar-refractivity contribution in [3.63, 3.8) is 0 Å². The first-order chi connectivity index (χ1) is 14.7. The predicted molar refractivity (Wildman–Crippen MR) is 125 cm³/mol. The summed E-state index contributed by atoms with van der Waals surface area (Å²) in [5.74, 6) is -2.81. The third-order valence-electron chi connectivity index (χ3n) is 5.09. The summed E-state index contributed by atoms with van der Waals surface area (Å²) < 4.78 is 28.7. The Bertz CT molecular complexity index is 1360. The van der Waals surface area contributed by atoms with Gasteiger partial charge < -0.3 is 9.47 Å². The number of para-hydroxylation sites is 1. The van der Waals surface area contributed by atoms with E-state index in [2.05, 4.69) is 20.9 Å². The number of anilines is 1. The number of hydrogen-bond donors (Lipinski definition) is 0. The summed E-state index contributed by atoms with van der Waals surface area (Å²) in [5.41, 5.74) is 2.66. The summed E-state index contributed by atoms with van der Waals surface area (Å²) >= 11 is 4.70. The van der Waals surface area contributed by atoms with Crippen LogP contribution in [0.3, 0.4) is 0 Å². The number of thiazole rings is 1. The van der Waals surface area contributed by atoms with Gasteiger partial charge in [-0.3, -0.25) is 9.59 Å². The Morgan fingerprint density at radius 3 is 2.74 bits per heavy atom. The van der Waals surface area contributed by atoms with Crippen LogP contribution in [-0.2, 0) is 32.9 Å². The van der Waals surface area contributed by atoms with Crippen LogP contribution in [0.2, 0.25) is 0 Å². The topological polar surface area (TPSA) is 88.8 Å². The fourth-order valence-electron chi connectivity index (χ4n) is 3.65. The monoisotopic (exact) mass is 521 g/mol. The summed E-state index contributed by atoms with van der Waals surface area (Å²) in [6.45, 7) is 0.469. The van der Waals surface area contributed by atoms with E-state index in [1.165, 1.54) is 16.2 Å². The second-order valence-electron chi connectivity index (χ2n) is 7.37. The Morgan fingerprint density at radius 2 is 1.94 bits per heavy atom. The lowest BCUT2D eigenvalue weighted by molar-refractivity contribution is -0.116. The highest BCUT2D eigenvalue weighted by Crippen LogP contribution is 2.27. The number of hydrogen-bond acceptors (Lipinski definition) is 5. The number of rotatable bonds is 4. The van der Waals surface area contributed by atoms with Gasteiger partial charge in [0, 0.05) is 23.8 Å². The van der Waals surface area contributed by atoms with E-state index >= 15 is 0 Å². The summed E-state index contributed by atoms with van der Waals surface area (Å²) in [4.78, 5) is 31.0. The second-order valence-corrected chi connectivity index (χ2v) is 11.4. The zero-order valence-corrected chi connectivity index (χ0v) is 20.0. The molecule has 31 heavy (non-hydrogen) atoms. The number of aromatic nitrogens is 1. The van der Waals surface area contributed by atoms with Crippen LogP contribution in [0.5, 0.6) is 0 Å². The molecule has 0 fully saturated rings. The summed E-state index contributed by atoms with van der Waals surface area (Å²) in [6.07, 6.45) is 1.63. The molecule has 0 unspecified atom stereocenters. The first-order valence-corrected chi connectivity index (χ1v) is 13.1. The second kappa shape index (κ2) is 8.68. The number of nitrogens with zero attached hydrogens (tertiary/aromatic N) is 3. The molecule has 7 nitrogen and oxygen atoms in total. The molecule has 0 atom stereocenters. The Labute approximate surface area is 192 Å². The van der Waals surface area contributed by atoms with Crippen LogP contribution >= 0.6 is 27.3 Å². The molecule has 0 N–H and O–H groups in total. The fourth-order valence-corrected chi connectivity index (χ4v) is 6.31. The SMILES string of the molecule is Cn1c(=NC(=O)CS(=O)(=O)CC(=O)N2CCCc3ccccc32)sc2cc(Br)ccc21. The molecule has 0 saturated heterocycles. The van der Waals surface area contributed by atoms with Gasteiger partial charge in [0.25, 0.3) is 5.91 Å². The van der Waals surface area contributed by atoms with Crippen molar-refractivity contribution in [3.05, 3.63) is 57.3 Å². The maximum atomic E-state index is 12.7. The smallest absolute Gasteiger partial charge is 0.263 e. The molecular weight excluding hydrogens is 502 g/mol. The zero-order valence-electron chi connectivity index (χ0n) is 16.7. The van der Waals surface area contributed by atoms with E-state index in [1.807, 2.05) is 42.5 Å². The zero-order chi connectivity index (χ0) is 22.2. The Balaban J connectivity index is 1.50. The lowest BCUT2D eigenvalue weighted by Gasteiger charge is -2.29. The van der Waals surface area contributed by atoms with E-state index < -0.39 is 33.2 Å². The van der Waals surface area contributed by atoms with Crippen LogP contribution in [0.25, 0.3) is 10.2 Å². The number of halogens is 1. The minimum atomic E-state index is -3.95. The third kappa shape index (κ3) is 4.81. The van der Waals surface area contributed by atoms with Crippen molar-refractivity contribution in [2.75, 3.05) is 23.0 Å². The molecule has 0 saturated carbocycles. The standard InChI is InChI=1S/C21H20BrN3O4S2/c1-24-17-9-8-15(22)11-18(17)30-21(24)23-19(26)12-31(28,29)13-20(27)25-10-4-6-14-5-2-3-7-16(14)25/h2-3,5,7-9,11H,4,6,10,12-13H2,1H3. The van der Waals surface area contributed by atoms with Gasteiger partial charge >= 0.3 is 0 Å². The molecule has 1 aliphatic rings. The van der Waals surface area contributed by atoms with Gasteiger partial charge in [-0.1, -0.05) is 45.5 Å². The summed E-state index contributed by atoms with van der Waals surface area (Å²) in [5, 5.41) is 0. The molecule has 2 aromatic carbocycles. The molecule has 0 aliphatic carbocycles. The highest BCUT2D eigenvalue weighted by molar-refractivity contribution is 9.10. The molecule has 0 bridgehead atoms. The molecule has 3 aromatic rings. The van der Waals surface area contributed by atoms with Crippen molar-refractivity contribution < 1.29 is 18.0 Å². The van der Waals surface area contributed by atoms with E-state index in [4.69, 9.17) is 0 Å². The maximum absolute atomic E-state index is 12.7. The highest BCUT2D eigenvalue weighted by Gasteiger charge is 2.28. The normalized spacial score (nSPS) is 14.6. The Kier molecular flexibility index (Phi) is 6.14. The predicted octanol–water partition coefficient (Wildman–Crippen LogP) is 2.82. The minimum absolute atomic E-state index is 0.407. The number of carbonyl (C=O) groups is 2. The first-order valence-electron chi connectivity index (χ1n) is 9.65. The van der Waals surface area contributed by atoms with E-state index in [0.29, 0.717) is 11.3 Å². The van der Waals surface area contributed by atoms with Crippen molar-refractivity contribution in [2.24, 2.45) is 12.0 Å². The van der Waals surface area contributed by atoms with E-state index in [0.717, 1.165) is 38.8 Å². The largest absolute Gasteiger partial charge is 0.319 e. The van der Waals surface area contributed by atoms with E-state index in [-0.39, 0.29) is 0 Å². The van der Waals surface area contributed by atoms with Crippen LogP contribution < -0.4 is 9.70 Å². The van der Waals surface area contributed by atoms with Gasteiger partial charge in [0.1, 0.15) is 11.5 Å². The van der Waals surface area contributed by atoms with Crippen LogP contribution in [0.1, 0.15) is 12.0 Å². The van der Waals surface area contributed by atoms with Crippen molar-refractivity contribution >= 4 is 64.8 Å². The maximum Gasteiger partial charge on any atom is 0.263 e. The molecule has 2 amide bonds. The lowest BCUT2D eigenvalue weighted by atomic mass is 10.0. The molecule has 2 heterocycles. The van der Waals surface area contributed by atoms with Gasteiger partial charge in [-0.15, -0.1) is 0 Å². The summed E-state index contributed by atoms with van der Waals surface area (Å²) in [7, 11) is -2.18. The number of sulfone groups is 1. The van der Waals surface area contributed by atoms with Crippen molar-refractivity contribution in [3.8, 4) is 0 Å². The number of fused-ring (bicyclic) bond motifs is 2. The molecule has 1 aromatic heterocycles. The van der Waals surface area contributed by atoms with Gasteiger partial charge in [-0.25, -0.2) is 8.42 Å². The van der Waals surface area contributed by atoms with E-state index in [1.54, 1.807) is 11.6 Å². The fraction of sp³-hybridized carbons (Fsp3) is 0.286. The average molecular weight is 522 g/mol. The molecule has 0 spiro atoms. The molecule has 4 rings (SSSR count). The quantitative estimate of drug-likeness (QED) is 0.527. The lowest BCUT2D eigenvalue weighted by Crippen LogP contribution is -2.40. The van der Waals surface area contributed by atoms with Gasteiger partial charge in [0.15, 0.2) is 14.6 Å².